The number of nitrogens with zero attached hydrogens (tertiary/aromatic N) is 1. The molecule has 0 aliphatic rings. The third-order valence-electron chi connectivity index (χ3n) is 2.70. The molecule has 0 aliphatic heterocycles. The van der Waals surface area contributed by atoms with Crippen LogP contribution in [0.5, 0.6) is 0 Å². The van der Waals surface area contributed by atoms with Crippen molar-refractivity contribution in [3.05, 3.63) is 52.2 Å². The van der Waals surface area contributed by atoms with Crippen LogP contribution < -0.4 is 5.32 Å². The smallest absolute Gasteiger partial charge is 0.131 e. The Morgan fingerprint density at radius 3 is 2.63 bits per heavy atom. The molecule has 2 N–H and O–H groups in total. The molecule has 0 aliphatic carbocycles. The number of aromatic amines is 1. The van der Waals surface area contributed by atoms with Crippen molar-refractivity contribution < 1.29 is 4.39 Å². The van der Waals surface area contributed by atoms with Gasteiger partial charge in [-0.25, -0.2) is 9.37 Å². The summed E-state index contributed by atoms with van der Waals surface area (Å²) in [5.41, 5.74) is 1.00. The Bertz CT molecular complexity index is 605. The van der Waals surface area contributed by atoms with Crippen LogP contribution in [0.2, 0.25) is 0 Å². The van der Waals surface area contributed by atoms with Crippen molar-refractivity contribution in [1.82, 2.24) is 9.97 Å². The molecule has 19 heavy (non-hydrogen) atoms. The Kier molecular flexibility index (Phi) is 4.27. The fraction of sp³-hybridized carbons (Fsp3) is 0.286. The number of aromatic nitrogens is 2. The molecule has 2 aromatic rings. The minimum absolute atomic E-state index is 0.228. The SMILES string of the molecule is CC(C)c1nc(=S)cc(NCc2ccc(F)cc2)[nH]1. The maximum absolute atomic E-state index is 12.8. The highest BCUT2D eigenvalue weighted by Gasteiger charge is 2.03. The van der Waals surface area contributed by atoms with Crippen molar-refractivity contribution >= 4 is 18.0 Å². The molecular weight excluding hydrogens is 261 g/mol. The van der Waals surface area contributed by atoms with Crippen LogP contribution in [-0.4, -0.2) is 9.97 Å². The van der Waals surface area contributed by atoms with Crippen molar-refractivity contribution in [3.8, 4) is 0 Å². The van der Waals surface area contributed by atoms with Gasteiger partial charge in [0.15, 0.2) is 0 Å². The van der Waals surface area contributed by atoms with Crippen LogP contribution in [0.3, 0.4) is 0 Å². The summed E-state index contributed by atoms with van der Waals surface area (Å²) in [6.45, 7) is 4.71. The summed E-state index contributed by atoms with van der Waals surface area (Å²) < 4.78 is 13.4. The fourth-order valence-electron chi connectivity index (χ4n) is 1.64. The highest BCUT2D eigenvalue weighted by molar-refractivity contribution is 7.71. The molecule has 0 radical (unpaired) electrons. The van der Waals surface area contributed by atoms with Gasteiger partial charge >= 0.3 is 0 Å². The maximum Gasteiger partial charge on any atom is 0.131 e. The van der Waals surface area contributed by atoms with E-state index in [1.807, 2.05) is 0 Å². The van der Waals surface area contributed by atoms with Crippen molar-refractivity contribution in [1.29, 1.82) is 0 Å². The van der Waals surface area contributed by atoms with E-state index in [9.17, 15) is 4.39 Å². The van der Waals surface area contributed by atoms with E-state index in [1.165, 1.54) is 12.1 Å². The first-order valence-electron chi connectivity index (χ1n) is 6.14. The minimum atomic E-state index is -0.228. The number of H-pyrrole nitrogens is 1. The van der Waals surface area contributed by atoms with Gasteiger partial charge in [0.05, 0.1) is 0 Å². The molecule has 0 bridgehead atoms. The van der Waals surface area contributed by atoms with Crippen LogP contribution >= 0.6 is 12.2 Å². The Labute approximate surface area is 116 Å². The van der Waals surface area contributed by atoms with Gasteiger partial charge in [0.25, 0.3) is 0 Å². The maximum atomic E-state index is 12.8. The van der Waals surface area contributed by atoms with E-state index < -0.39 is 0 Å². The summed E-state index contributed by atoms with van der Waals surface area (Å²) in [4.78, 5) is 7.47. The van der Waals surface area contributed by atoms with Crippen LogP contribution in [0.25, 0.3) is 0 Å². The lowest BCUT2D eigenvalue weighted by Crippen LogP contribution is -2.05. The zero-order valence-corrected chi connectivity index (χ0v) is 11.7. The summed E-state index contributed by atoms with van der Waals surface area (Å²) in [7, 11) is 0. The standard InChI is InChI=1S/C14H16FN3S/c1-9(2)14-17-12(7-13(19)18-14)16-8-10-3-5-11(15)6-4-10/h3-7,9H,8H2,1-2H3,(H2,16,17,18,19). The Morgan fingerprint density at radius 1 is 1.32 bits per heavy atom. The Morgan fingerprint density at radius 2 is 2.00 bits per heavy atom. The predicted molar refractivity (Wildman–Crippen MR) is 77.2 cm³/mol. The molecule has 1 aromatic carbocycles. The van der Waals surface area contributed by atoms with Gasteiger partial charge in [-0.1, -0.05) is 38.2 Å². The van der Waals surface area contributed by atoms with E-state index in [1.54, 1.807) is 18.2 Å². The topological polar surface area (TPSA) is 40.7 Å². The molecular formula is C14H16FN3S. The zero-order chi connectivity index (χ0) is 13.8. The third kappa shape index (κ3) is 3.86. The lowest BCUT2D eigenvalue weighted by molar-refractivity contribution is 0.627. The van der Waals surface area contributed by atoms with E-state index in [-0.39, 0.29) is 11.7 Å². The largest absolute Gasteiger partial charge is 0.367 e. The van der Waals surface area contributed by atoms with E-state index in [0.29, 0.717) is 11.2 Å². The fourth-order valence-corrected chi connectivity index (χ4v) is 1.86. The molecule has 2 rings (SSSR count). The molecule has 0 fully saturated rings. The molecule has 1 aromatic heterocycles. The van der Waals surface area contributed by atoms with Gasteiger partial charge in [-0.05, 0) is 17.7 Å². The van der Waals surface area contributed by atoms with Gasteiger partial charge in [-0.2, -0.15) is 0 Å². The van der Waals surface area contributed by atoms with Crippen molar-refractivity contribution in [2.24, 2.45) is 0 Å². The summed E-state index contributed by atoms with van der Waals surface area (Å²) >= 11 is 5.13. The minimum Gasteiger partial charge on any atom is -0.367 e. The molecule has 0 unspecified atom stereocenters. The van der Waals surface area contributed by atoms with Crippen molar-refractivity contribution in [2.75, 3.05) is 5.32 Å². The number of halogens is 1. The van der Waals surface area contributed by atoms with Crippen LogP contribution in [0.15, 0.2) is 30.3 Å². The highest BCUT2D eigenvalue weighted by Crippen LogP contribution is 2.13. The lowest BCUT2D eigenvalue weighted by Gasteiger charge is -2.10. The normalized spacial score (nSPS) is 10.7. The van der Waals surface area contributed by atoms with Crippen LogP contribution in [0.1, 0.15) is 31.2 Å². The molecule has 0 atom stereocenters. The first-order valence-corrected chi connectivity index (χ1v) is 6.55. The van der Waals surface area contributed by atoms with Gasteiger partial charge in [0, 0.05) is 18.5 Å². The number of nitrogens with one attached hydrogen (secondary N) is 2. The summed E-state index contributed by atoms with van der Waals surface area (Å²) in [5.74, 6) is 1.74. The summed E-state index contributed by atoms with van der Waals surface area (Å²) in [5, 5.41) is 3.23. The van der Waals surface area contributed by atoms with Gasteiger partial charge in [-0.3, -0.25) is 0 Å². The molecule has 0 saturated carbocycles. The van der Waals surface area contributed by atoms with Gasteiger partial charge in [0.2, 0.25) is 0 Å². The van der Waals surface area contributed by atoms with E-state index in [0.717, 1.165) is 17.2 Å². The Hall–Kier alpha value is -1.75. The number of anilines is 1. The molecule has 1 heterocycles. The number of hydrogen-bond donors (Lipinski definition) is 2. The molecule has 5 heteroatoms. The summed E-state index contributed by atoms with van der Waals surface area (Å²) in [6.07, 6.45) is 0. The molecule has 100 valence electrons. The summed E-state index contributed by atoms with van der Waals surface area (Å²) in [6, 6.07) is 8.18. The number of benzene rings is 1. The number of hydrogen-bond acceptors (Lipinski definition) is 3. The zero-order valence-electron chi connectivity index (χ0n) is 10.9. The quantitative estimate of drug-likeness (QED) is 0.829. The van der Waals surface area contributed by atoms with Crippen LogP contribution in [0, 0.1) is 10.5 Å². The molecule has 0 amide bonds. The van der Waals surface area contributed by atoms with Crippen LogP contribution in [0.4, 0.5) is 10.2 Å². The lowest BCUT2D eigenvalue weighted by atomic mass is 10.2. The van der Waals surface area contributed by atoms with E-state index in [2.05, 4.69) is 29.1 Å². The van der Waals surface area contributed by atoms with Gasteiger partial charge in [-0.15, -0.1) is 0 Å². The van der Waals surface area contributed by atoms with E-state index >= 15 is 0 Å². The second-order valence-corrected chi connectivity index (χ2v) is 5.07. The predicted octanol–water partition coefficient (Wildman–Crippen LogP) is 4.01. The molecule has 0 spiro atoms. The van der Waals surface area contributed by atoms with E-state index in [4.69, 9.17) is 12.2 Å². The average molecular weight is 277 g/mol. The van der Waals surface area contributed by atoms with Crippen molar-refractivity contribution in [3.63, 3.8) is 0 Å². The number of rotatable bonds is 4. The van der Waals surface area contributed by atoms with Crippen LogP contribution in [-0.2, 0) is 6.54 Å². The highest BCUT2D eigenvalue weighted by atomic mass is 32.1. The third-order valence-corrected chi connectivity index (χ3v) is 2.91. The monoisotopic (exact) mass is 277 g/mol. The van der Waals surface area contributed by atoms with Crippen molar-refractivity contribution in [2.45, 2.75) is 26.3 Å². The molecule has 3 nitrogen and oxygen atoms in total. The second kappa shape index (κ2) is 5.93. The first kappa shape index (κ1) is 13.7. The van der Waals surface area contributed by atoms with Gasteiger partial charge < -0.3 is 10.3 Å². The first-order chi connectivity index (χ1) is 9.04. The Balaban J connectivity index is 2.11. The second-order valence-electron chi connectivity index (χ2n) is 4.65. The molecule has 0 saturated heterocycles. The van der Waals surface area contributed by atoms with Gasteiger partial charge in [0.1, 0.15) is 22.1 Å². The average Bonchev–Trinajstić information content (AvgIpc) is 2.37.